The molecule has 0 saturated carbocycles. The minimum absolute atomic E-state index is 0.0576. The molecular weight excluding hydrogens is 336 g/mol. The van der Waals surface area contributed by atoms with Gasteiger partial charge in [-0.2, -0.15) is 4.68 Å². The van der Waals surface area contributed by atoms with Gasteiger partial charge in [-0.1, -0.05) is 37.7 Å². The lowest BCUT2D eigenvalue weighted by molar-refractivity contribution is 0.207. The minimum atomic E-state index is -3.19. The third-order valence-electron chi connectivity index (χ3n) is 3.77. The van der Waals surface area contributed by atoms with Gasteiger partial charge in [0.2, 0.25) is 5.16 Å². The van der Waals surface area contributed by atoms with Gasteiger partial charge in [0.1, 0.15) is 0 Å². The summed E-state index contributed by atoms with van der Waals surface area (Å²) in [6.07, 6.45) is -0.890. The lowest BCUT2D eigenvalue weighted by atomic mass is 10.0. The highest BCUT2D eigenvalue weighted by Gasteiger charge is 2.38. The van der Waals surface area contributed by atoms with Crippen LogP contribution >= 0.6 is 11.8 Å². The van der Waals surface area contributed by atoms with E-state index < -0.39 is 21.2 Å². The summed E-state index contributed by atoms with van der Waals surface area (Å²) in [5, 5.41) is 21.5. The van der Waals surface area contributed by atoms with E-state index in [2.05, 4.69) is 29.4 Å². The number of aromatic nitrogens is 4. The first-order valence-electron chi connectivity index (χ1n) is 7.29. The third-order valence-corrected chi connectivity index (χ3v) is 6.95. The fourth-order valence-corrected chi connectivity index (χ4v) is 5.94. The summed E-state index contributed by atoms with van der Waals surface area (Å²) >= 11 is 1.20. The monoisotopic (exact) mass is 354 g/mol. The van der Waals surface area contributed by atoms with Crippen LogP contribution in [0.5, 0.6) is 0 Å². The second-order valence-electron chi connectivity index (χ2n) is 5.92. The molecule has 1 aliphatic rings. The van der Waals surface area contributed by atoms with Crippen LogP contribution in [-0.4, -0.2) is 56.6 Å². The number of benzene rings is 1. The molecule has 1 aromatic heterocycles. The van der Waals surface area contributed by atoms with Crippen molar-refractivity contribution < 1.29 is 13.5 Å². The Morgan fingerprint density at radius 3 is 2.52 bits per heavy atom. The molecule has 2 heterocycles. The molecule has 1 aliphatic heterocycles. The van der Waals surface area contributed by atoms with Crippen molar-refractivity contribution >= 4 is 21.6 Å². The standard InChI is InChI=1S/C14H18N4O3S2/c1-9(2)10-3-5-11(6-4-10)18-14(15-16-17-18)22-13-8-23(20,21)7-12(13)19/h3-6,9,12-13,19H,7-8H2,1-2H3/t12-,13+/m0/s1. The molecule has 3 rings (SSSR count). The molecule has 2 atom stereocenters. The molecule has 0 spiro atoms. The summed E-state index contributed by atoms with van der Waals surface area (Å²) < 4.78 is 24.8. The van der Waals surface area contributed by atoms with Crippen LogP contribution in [0.15, 0.2) is 29.4 Å². The van der Waals surface area contributed by atoms with Crippen LogP contribution < -0.4 is 0 Å². The number of aliphatic hydroxyl groups is 1. The molecule has 1 N–H and O–H groups in total. The first-order chi connectivity index (χ1) is 10.9. The molecular formula is C14H18N4O3S2. The molecule has 7 nitrogen and oxygen atoms in total. The second-order valence-corrected chi connectivity index (χ2v) is 9.28. The van der Waals surface area contributed by atoms with E-state index in [9.17, 15) is 13.5 Å². The van der Waals surface area contributed by atoms with Crippen molar-refractivity contribution in [2.45, 2.75) is 36.3 Å². The number of hydrogen-bond acceptors (Lipinski definition) is 7. The number of hydrogen-bond donors (Lipinski definition) is 1. The molecule has 0 radical (unpaired) electrons. The molecule has 0 aliphatic carbocycles. The van der Waals surface area contributed by atoms with E-state index in [-0.39, 0.29) is 11.5 Å². The smallest absolute Gasteiger partial charge is 0.214 e. The molecule has 23 heavy (non-hydrogen) atoms. The van der Waals surface area contributed by atoms with E-state index in [1.54, 1.807) is 4.68 Å². The number of tetrazole rings is 1. The Kier molecular flexibility index (Phi) is 4.43. The van der Waals surface area contributed by atoms with Crippen LogP contribution in [0.25, 0.3) is 5.69 Å². The summed E-state index contributed by atoms with van der Waals surface area (Å²) in [6.45, 7) is 4.24. The Balaban J connectivity index is 1.82. The van der Waals surface area contributed by atoms with E-state index in [1.165, 1.54) is 17.3 Å². The summed E-state index contributed by atoms with van der Waals surface area (Å²) in [4.78, 5) is 0. The van der Waals surface area contributed by atoms with Crippen molar-refractivity contribution in [2.24, 2.45) is 0 Å². The van der Waals surface area contributed by atoms with Crippen molar-refractivity contribution in [3.8, 4) is 5.69 Å². The van der Waals surface area contributed by atoms with Gasteiger partial charge in [-0.25, -0.2) is 8.42 Å². The van der Waals surface area contributed by atoms with Crippen LogP contribution in [0.2, 0.25) is 0 Å². The maximum Gasteiger partial charge on any atom is 0.214 e. The zero-order chi connectivity index (χ0) is 16.6. The van der Waals surface area contributed by atoms with Gasteiger partial charge in [-0.3, -0.25) is 0 Å². The van der Waals surface area contributed by atoms with E-state index in [4.69, 9.17) is 0 Å². The van der Waals surface area contributed by atoms with Crippen LogP contribution in [0.4, 0.5) is 0 Å². The number of thioether (sulfide) groups is 1. The molecule has 9 heteroatoms. The first-order valence-corrected chi connectivity index (χ1v) is 10.00. The average molecular weight is 354 g/mol. The fourth-order valence-electron chi connectivity index (χ4n) is 2.46. The number of aliphatic hydroxyl groups excluding tert-OH is 1. The SMILES string of the molecule is CC(C)c1ccc(-n2nnnc2S[C@@H]2CS(=O)(=O)C[C@@H]2O)cc1. The molecule has 1 fully saturated rings. The lowest BCUT2D eigenvalue weighted by Crippen LogP contribution is -2.20. The molecule has 1 saturated heterocycles. The summed E-state index contributed by atoms with van der Waals surface area (Å²) in [7, 11) is -3.19. The van der Waals surface area contributed by atoms with Crippen molar-refractivity contribution in [3.63, 3.8) is 0 Å². The average Bonchev–Trinajstić information content (AvgIpc) is 3.03. The Bertz CT molecular complexity index is 787. The van der Waals surface area contributed by atoms with Crippen LogP contribution in [0, 0.1) is 0 Å². The second kappa shape index (κ2) is 6.21. The van der Waals surface area contributed by atoms with Gasteiger partial charge in [-0.05, 0) is 34.0 Å². The topological polar surface area (TPSA) is 98.0 Å². The van der Waals surface area contributed by atoms with Crippen LogP contribution in [0.3, 0.4) is 0 Å². The molecule has 0 unspecified atom stereocenters. The lowest BCUT2D eigenvalue weighted by Gasteiger charge is -2.12. The normalized spacial score (nSPS) is 23.5. The van der Waals surface area contributed by atoms with Gasteiger partial charge in [0, 0.05) is 0 Å². The predicted molar refractivity (Wildman–Crippen MR) is 87.5 cm³/mol. The van der Waals surface area contributed by atoms with Crippen molar-refractivity contribution in [1.82, 2.24) is 20.2 Å². The first kappa shape index (κ1) is 16.4. The molecule has 124 valence electrons. The summed E-state index contributed by atoms with van der Waals surface area (Å²) in [5.74, 6) is 0.179. The molecule has 1 aromatic carbocycles. The Labute approximate surface area is 139 Å². The van der Waals surface area contributed by atoms with Gasteiger partial charge in [0.15, 0.2) is 9.84 Å². The molecule has 2 aromatic rings. The minimum Gasteiger partial charge on any atom is -0.391 e. The third kappa shape index (κ3) is 3.56. The van der Waals surface area contributed by atoms with Gasteiger partial charge in [-0.15, -0.1) is 5.10 Å². The van der Waals surface area contributed by atoms with E-state index in [1.807, 2.05) is 24.3 Å². The summed E-state index contributed by atoms with van der Waals surface area (Å²) in [5.41, 5.74) is 2.02. The maximum absolute atomic E-state index is 11.6. The number of rotatable bonds is 4. The van der Waals surface area contributed by atoms with E-state index in [0.717, 1.165) is 5.69 Å². The molecule has 0 bridgehead atoms. The quantitative estimate of drug-likeness (QED) is 0.876. The molecule has 0 amide bonds. The van der Waals surface area contributed by atoms with Gasteiger partial charge in [0.05, 0.1) is 28.5 Å². The highest BCUT2D eigenvalue weighted by Crippen LogP contribution is 2.30. The van der Waals surface area contributed by atoms with Crippen molar-refractivity contribution in [3.05, 3.63) is 29.8 Å². The van der Waals surface area contributed by atoms with Crippen LogP contribution in [0.1, 0.15) is 25.3 Å². The number of nitrogens with zero attached hydrogens (tertiary/aromatic N) is 4. The number of sulfone groups is 1. The summed E-state index contributed by atoms with van der Waals surface area (Å²) in [6, 6.07) is 7.89. The van der Waals surface area contributed by atoms with Gasteiger partial charge < -0.3 is 5.11 Å². The van der Waals surface area contributed by atoms with Crippen molar-refractivity contribution in [2.75, 3.05) is 11.5 Å². The van der Waals surface area contributed by atoms with E-state index in [0.29, 0.717) is 11.1 Å². The van der Waals surface area contributed by atoms with Gasteiger partial charge in [0.25, 0.3) is 0 Å². The van der Waals surface area contributed by atoms with Crippen molar-refractivity contribution in [1.29, 1.82) is 0 Å². The zero-order valence-electron chi connectivity index (χ0n) is 12.8. The highest BCUT2D eigenvalue weighted by atomic mass is 32.2. The van der Waals surface area contributed by atoms with Gasteiger partial charge >= 0.3 is 0 Å². The largest absolute Gasteiger partial charge is 0.391 e. The highest BCUT2D eigenvalue weighted by molar-refractivity contribution is 8.01. The van der Waals surface area contributed by atoms with E-state index >= 15 is 0 Å². The fraction of sp³-hybridized carbons (Fsp3) is 0.500. The predicted octanol–water partition coefficient (Wildman–Crippen LogP) is 1.04. The van der Waals surface area contributed by atoms with Crippen LogP contribution in [-0.2, 0) is 9.84 Å². The Morgan fingerprint density at radius 1 is 1.26 bits per heavy atom. The Morgan fingerprint density at radius 2 is 1.96 bits per heavy atom. The zero-order valence-corrected chi connectivity index (χ0v) is 14.5. The Hall–Kier alpha value is -1.45. The maximum atomic E-state index is 11.6.